The molecule has 37 heavy (non-hydrogen) atoms. The minimum atomic E-state index is -0.788. The third-order valence-electron chi connectivity index (χ3n) is 5.63. The van der Waals surface area contributed by atoms with Crippen LogP contribution in [-0.2, 0) is 9.53 Å². The van der Waals surface area contributed by atoms with Gasteiger partial charge in [-0.2, -0.15) is 0 Å². The maximum atomic E-state index is 13.9. The third-order valence-corrected chi connectivity index (χ3v) is 7.11. The first-order valence-corrected chi connectivity index (χ1v) is 13.3. The van der Waals surface area contributed by atoms with Gasteiger partial charge in [-0.3, -0.25) is 9.36 Å². The number of rotatable bonds is 8. The highest BCUT2D eigenvalue weighted by atomic mass is 79.9. The number of carbonyl (C=O) groups excluding carboxylic acids is 1. The first kappa shape index (κ1) is 26.6. The summed E-state index contributed by atoms with van der Waals surface area (Å²) in [5.41, 5.74) is 1.89. The lowest BCUT2D eigenvalue weighted by Crippen LogP contribution is -2.40. The number of esters is 1. The Morgan fingerprint density at radius 2 is 2.00 bits per heavy atom. The highest BCUT2D eigenvalue weighted by Gasteiger charge is 2.35. The summed E-state index contributed by atoms with van der Waals surface area (Å²) in [6.07, 6.45) is 3.11. The Balaban J connectivity index is 1.98. The van der Waals surface area contributed by atoms with E-state index < -0.39 is 12.0 Å². The molecule has 0 amide bonds. The fraction of sp³-hybridized carbons (Fsp3) is 0.250. The van der Waals surface area contributed by atoms with Crippen molar-refractivity contribution in [1.82, 2.24) is 4.57 Å². The second kappa shape index (κ2) is 11.3. The fourth-order valence-corrected chi connectivity index (χ4v) is 5.51. The first-order chi connectivity index (χ1) is 17.7. The molecule has 2 aromatic carbocycles. The number of hydrogen-bond donors (Lipinski definition) is 0. The van der Waals surface area contributed by atoms with Crippen molar-refractivity contribution in [1.29, 1.82) is 0 Å². The summed E-state index contributed by atoms with van der Waals surface area (Å²) < 4.78 is 19.8. The molecular weight excluding hydrogens is 556 g/mol. The van der Waals surface area contributed by atoms with Gasteiger partial charge in [0, 0.05) is 15.6 Å². The molecule has 9 heteroatoms. The van der Waals surface area contributed by atoms with Crippen molar-refractivity contribution in [2.75, 3.05) is 13.7 Å². The van der Waals surface area contributed by atoms with Crippen LogP contribution in [-0.4, -0.2) is 30.4 Å². The number of aromatic nitrogens is 1. The van der Waals surface area contributed by atoms with Crippen LogP contribution in [0.4, 0.5) is 0 Å². The van der Waals surface area contributed by atoms with Crippen LogP contribution in [0, 0.1) is 0 Å². The lowest BCUT2D eigenvalue weighted by Gasteiger charge is -2.26. The highest BCUT2D eigenvalue weighted by molar-refractivity contribution is 9.10. The average Bonchev–Trinajstić information content (AvgIpc) is 3.16. The van der Waals surface area contributed by atoms with Crippen LogP contribution in [0.1, 0.15) is 37.9 Å². The monoisotopic (exact) mass is 582 g/mol. The summed E-state index contributed by atoms with van der Waals surface area (Å²) in [6, 6.07) is 12.2. The lowest BCUT2D eigenvalue weighted by molar-refractivity contribution is -0.143. The zero-order valence-corrected chi connectivity index (χ0v) is 23.4. The van der Waals surface area contributed by atoms with Crippen molar-refractivity contribution in [2.24, 2.45) is 4.99 Å². The topological polar surface area (TPSA) is 79.1 Å². The van der Waals surface area contributed by atoms with E-state index in [4.69, 9.17) is 14.2 Å². The Morgan fingerprint density at radius 3 is 2.70 bits per heavy atom. The molecule has 0 radical (unpaired) electrons. The molecule has 0 saturated heterocycles. The molecule has 0 aliphatic carbocycles. The summed E-state index contributed by atoms with van der Waals surface area (Å²) in [5, 5.41) is 0. The zero-order valence-electron chi connectivity index (χ0n) is 21.0. The van der Waals surface area contributed by atoms with Crippen molar-refractivity contribution < 1.29 is 19.0 Å². The van der Waals surface area contributed by atoms with Crippen LogP contribution in [0.2, 0.25) is 0 Å². The van der Waals surface area contributed by atoms with E-state index in [-0.39, 0.29) is 11.7 Å². The number of benzene rings is 2. The van der Waals surface area contributed by atoms with E-state index in [1.165, 1.54) is 15.9 Å². The van der Waals surface area contributed by atoms with Crippen LogP contribution in [0.3, 0.4) is 0 Å². The second-order valence-electron chi connectivity index (χ2n) is 8.56. The van der Waals surface area contributed by atoms with Crippen LogP contribution in [0.5, 0.6) is 11.5 Å². The quantitative estimate of drug-likeness (QED) is 0.288. The van der Waals surface area contributed by atoms with Gasteiger partial charge in [0.1, 0.15) is 24.1 Å². The number of methoxy groups -OCH3 is 1. The molecule has 0 spiro atoms. The van der Waals surface area contributed by atoms with Gasteiger partial charge in [-0.1, -0.05) is 58.1 Å². The smallest absolute Gasteiger partial charge is 0.338 e. The van der Waals surface area contributed by atoms with Gasteiger partial charge < -0.3 is 14.2 Å². The number of nitrogens with zero attached hydrogens (tertiary/aromatic N) is 2. The molecule has 1 aliphatic heterocycles. The lowest BCUT2D eigenvalue weighted by atomic mass is 9.95. The molecule has 0 fully saturated rings. The van der Waals surface area contributed by atoms with E-state index in [9.17, 15) is 9.59 Å². The van der Waals surface area contributed by atoms with Gasteiger partial charge in [-0.15, -0.1) is 0 Å². The summed E-state index contributed by atoms with van der Waals surface area (Å²) in [6.45, 7) is 9.36. The molecule has 1 aromatic heterocycles. The Hall–Kier alpha value is -3.43. The van der Waals surface area contributed by atoms with Crippen LogP contribution < -0.4 is 24.4 Å². The van der Waals surface area contributed by atoms with Crippen molar-refractivity contribution in [3.05, 3.63) is 102 Å². The number of fused-ring (bicyclic) bond motifs is 1. The third kappa shape index (κ3) is 5.47. The second-order valence-corrected chi connectivity index (χ2v) is 10.5. The van der Waals surface area contributed by atoms with Crippen molar-refractivity contribution in [3.8, 4) is 11.5 Å². The van der Waals surface area contributed by atoms with Crippen molar-refractivity contribution in [2.45, 2.75) is 32.9 Å². The fourth-order valence-electron chi connectivity index (χ4n) is 4.09. The van der Waals surface area contributed by atoms with Gasteiger partial charge >= 0.3 is 5.97 Å². The Morgan fingerprint density at radius 1 is 1.24 bits per heavy atom. The van der Waals surface area contributed by atoms with Gasteiger partial charge in [-0.25, -0.2) is 9.79 Å². The number of halogens is 1. The average molecular weight is 584 g/mol. The molecule has 192 valence electrons. The van der Waals surface area contributed by atoms with Crippen molar-refractivity contribution >= 4 is 39.3 Å². The molecule has 3 aromatic rings. The van der Waals surface area contributed by atoms with Gasteiger partial charge in [0.05, 0.1) is 29.0 Å². The van der Waals surface area contributed by atoms with E-state index in [0.29, 0.717) is 44.3 Å². The highest BCUT2D eigenvalue weighted by Crippen LogP contribution is 2.37. The summed E-state index contributed by atoms with van der Waals surface area (Å²) in [5.74, 6) is 0.645. The number of carbonyl (C=O) groups is 1. The molecule has 1 atom stereocenters. The molecule has 0 saturated carbocycles. The standard InChI is InChI=1S/C28H27BrN2O5S/c1-6-13-35-21-10-8-7-9-18(21)14-23-26(32)31-25(20-15-19(29)11-12-22(20)34-5)24(27(33)36-16(2)3)17(4)30-28(31)37-23/h6-12,14-16,25H,1,13H2,2-5H3/b23-14-/t25-/m0/s1. The summed E-state index contributed by atoms with van der Waals surface area (Å²) in [4.78, 5) is 32.3. The van der Waals surface area contributed by atoms with E-state index in [1.54, 1.807) is 46.1 Å². The van der Waals surface area contributed by atoms with Crippen molar-refractivity contribution in [3.63, 3.8) is 0 Å². The van der Waals surface area contributed by atoms with Gasteiger partial charge in [0.15, 0.2) is 4.80 Å². The Kier molecular flexibility index (Phi) is 8.14. The first-order valence-electron chi connectivity index (χ1n) is 11.6. The number of para-hydroxylation sites is 1. The number of thiazole rings is 1. The Bertz CT molecular complexity index is 1570. The number of hydrogen-bond acceptors (Lipinski definition) is 7. The molecule has 0 bridgehead atoms. The van der Waals surface area contributed by atoms with Gasteiger partial charge in [0.2, 0.25) is 0 Å². The zero-order chi connectivity index (χ0) is 26.7. The largest absolute Gasteiger partial charge is 0.496 e. The van der Waals surface area contributed by atoms with Crippen LogP contribution in [0.25, 0.3) is 6.08 Å². The minimum Gasteiger partial charge on any atom is -0.496 e. The number of allylic oxidation sites excluding steroid dienone is 1. The Labute approximate surface area is 227 Å². The minimum absolute atomic E-state index is 0.281. The van der Waals surface area contributed by atoms with E-state index in [1.807, 2.05) is 36.4 Å². The predicted molar refractivity (Wildman–Crippen MR) is 148 cm³/mol. The van der Waals surface area contributed by atoms with Gasteiger partial charge in [-0.05, 0) is 51.1 Å². The maximum Gasteiger partial charge on any atom is 0.338 e. The predicted octanol–water partition coefficient (Wildman–Crippen LogP) is 4.52. The molecule has 1 aliphatic rings. The molecule has 2 heterocycles. The SMILES string of the molecule is C=CCOc1ccccc1/C=c1\sc2n(c1=O)[C@@H](c1cc(Br)ccc1OC)C(C(=O)OC(C)C)=C(C)N=2. The molecule has 4 rings (SSSR count). The van der Waals surface area contributed by atoms with E-state index in [0.717, 1.165) is 10.0 Å². The normalized spacial score (nSPS) is 15.3. The van der Waals surface area contributed by atoms with Crippen LogP contribution >= 0.6 is 27.3 Å². The number of ether oxygens (including phenoxy) is 3. The summed E-state index contributed by atoms with van der Waals surface area (Å²) >= 11 is 4.77. The van der Waals surface area contributed by atoms with Crippen LogP contribution in [0.15, 0.2) is 80.6 Å². The molecule has 0 unspecified atom stereocenters. The maximum absolute atomic E-state index is 13.9. The molecular formula is C28H27BrN2O5S. The van der Waals surface area contributed by atoms with E-state index in [2.05, 4.69) is 27.5 Å². The van der Waals surface area contributed by atoms with Gasteiger partial charge in [0.25, 0.3) is 5.56 Å². The van der Waals surface area contributed by atoms with E-state index >= 15 is 0 Å². The molecule has 7 nitrogen and oxygen atoms in total. The molecule has 0 N–H and O–H groups in total. The summed E-state index contributed by atoms with van der Waals surface area (Å²) in [7, 11) is 1.55.